The number of carbonyl (C=O) groups excluding carboxylic acids is 1. The smallest absolute Gasteiger partial charge is 0.253 e. The van der Waals surface area contributed by atoms with Gasteiger partial charge < -0.3 is 15.0 Å². The standard InChI is InChI=1S/C33H34FN3O2/c1-22(36-32(38)28-15-27(18-35-19-28)24-11-13-39-14-12-24)23-3-5-25(6-4-23)31(26-7-9-30(34)10-8-26)29-16-33(17-29)20-37(2)21-33/h3-11,15,18-19,22H,12-14,16-17,20-21H2,1-2H3,(H,36,38)/t22-/m1/s1. The largest absolute Gasteiger partial charge is 0.377 e. The van der Waals surface area contributed by atoms with Crippen molar-refractivity contribution in [3.8, 4) is 0 Å². The van der Waals surface area contributed by atoms with Crippen molar-refractivity contribution in [2.45, 2.75) is 32.2 Å². The molecular formula is C33H34FN3O2. The second kappa shape index (κ2) is 10.5. The summed E-state index contributed by atoms with van der Waals surface area (Å²) in [5.41, 5.74) is 8.96. The molecule has 3 aliphatic rings. The molecule has 0 bridgehead atoms. The van der Waals surface area contributed by atoms with Crippen LogP contribution >= 0.6 is 0 Å². The third-order valence-corrected chi connectivity index (χ3v) is 8.26. The number of pyridine rings is 1. The van der Waals surface area contributed by atoms with E-state index in [9.17, 15) is 9.18 Å². The highest BCUT2D eigenvalue weighted by Crippen LogP contribution is 2.54. The van der Waals surface area contributed by atoms with Crippen LogP contribution in [0.5, 0.6) is 0 Å². The minimum Gasteiger partial charge on any atom is -0.377 e. The zero-order valence-electron chi connectivity index (χ0n) is 22.5. The summed E-state index contributed by atoms with van der Waals surface area (Å²) < 4.78 is 19.1. The van der Waals surface area contributed by atoms with Gasteiger partial charge in [0.25, 0.3) is 5.91 Å². The fourth-order valence-corrected chi connectivity index (χ4v) is 6.37. The number of carbonyl (C=O) groups is 1. The van der Waals surface area contributed by atoms with E-state index in [4.69, 9.17) is 4.74 Å². The molecule has 0 radical (unpaired) electrons. The van der Waals surface area contributed by atoms with Crippen molar-refractivity contribution in [1.82, 2.24) is 15.2 Å². The summed E-state index contributed by atoms with van der Waals surface area (Å²) in [6, 6.07) is 17.0. The number of amides is 1. The van der Waals surface area contributed by atoms with Gasteiger partial charge in [-0.15, -0.1) is 0 Å². The Morgan fingerprint density at radius 2 is 1.72 bits per heavy atom. The van der Waals surface area contributed by atoms with E-state index in [0.717, 1.165) is 54.6 Å². The molecule has 1 spiro atoms. The lowest BCUT2D eigenvalue weighted by atomic mass is 9.59. The third kappa shape index (κ3) is 5.32. The van der Waals surface area contributed by atoms with Crippen LogP contribution in [0.2, 0.25) is 0 Å². The number of halogens is 1. The van der Waals surface area contributed by atoms with Crippen molar-refractivity contribution in [2.75, 3.05) is 33.4 Å². The number of likely N-dealkylation sites (tertiary alicyclic amines) is 1. The Balaban J connectivity index is 1.19. The van der Waals surface area contributed by atoms with Gasteiger partial charge in [-0.2, -0.15) is 0 Å². The number of allylic oxidation sites excluding steroid dienone is 1. The molecule has 1 aromatic heterocycles. The highest BCUT2D eigenvalue weighted by atomic mass is 19.1. The molecule has 3 heterocycles. The van der Waals surface area contributed by atoms with Crippen LogP contribution in [-0.4, -0.2) is 49.1 Å². The number of nitrogens with one attached hydrogen (secondary N) is 1. The van der Waals surface area contributed by atoms with Crippen LogP contribution in [0.1, 0.15) is 64.8 Å². The molecule has 6 heteroatoms. The summed E-state index contributed by atoms with van der Waals surface area (Å²) in [5.74, 6) is -0.369. The zero-order chi connectivity index (χ0) is 27.0. The molecule has 3 aromatic rings. The molecule has 2 aliphatic heterocycles. The van der Waals surface area contributed by atoms with Crippen LogP contribution in [0.15, 0.2) is 78.6 Å². The van der Waals surface area contributed by atoms with Crippen molar-refractivity contribution in [2.24, 2.45) is 5.41 Å². The summed E-state index contributed by atoms with van der Waals surface area (Å²) in [7, 11) is 2.17. The molecule has 1 saturated heterocycles. The lowest BCUT2D eigenvalue weighted by Gasteiger charge is -2.56. The molecule has 5 nitrogen and oxygen atoms in total. The van der Waals surface area contributed by atoms with Gasteiger partial charge >= 0.3 is 0 Å². The van der Waals surface area contributed by atoms with E-state index in [1.54, 1.807) is 12.4 Å². The minimum atomic E-state index is -0.223. The first-order chi connectivity index (χ1) is 18.9. The van der Waals surface area contributed by atoms with Gasteiger partial charge in [0.15, 0.2) is 0 Å². The van der Waals surface area contributed by atoms with Crippen LogP contribution in [0.3, 0.4) is 0 Å². The molecule has 0 unspecified atom stereocenters. The number of rotatable bonds is 6. The lowest BCUT2D eigenvalue weighted by molar-refractivity contribution is -0.0106. The van der Waals surface area contributed by atoms with Crippen molar-refractivity contribution in [3.63, 3.8) is 0 Å². The molecule has 1 atom stereocenters. The van der Waals surface area contributed by atoms with Crippen molar-refractivity contribution in [3.05, 3.63) is 112 Å². The quantitative estimate of drug-likeness (QED) is 0.428. The van der Waals surface area contributed by atoms with E-state index in [2.05, 4.69) is 52.6 Å². The first kappa shape index (κ1) is 25.7. The Kier molecular flexibility index (Phi) is 6.92. The number of hydrogen-bond donors (Lipinski definition) is 1. The second-order valence-corrected chi connectivity index (χ2v) is 11.3. The molecular weight excluding hydrogens is 489 g/mol. The topological polar surface area (TPSA) is 54.5 Å². The normalized spacial score (nSPS) is 19.1. The van der Waals surface area contributed by atoms with Crippen molar-refractivity contribution < 1.29 is 13.9 Å². The SMILES string of the molecule is C[C@@H](NC(=O)c1cncc(C2=CCOCC2)c1)c1ccc(C(=C2CC3(C2)CN(C)C3)c2ccc(F)cc2)cc1. The maximum atomic E-state index is 13.7. The van der Waals surface area contributed by atoms with Gasteiger partial charge in [0.1, 0.15) is 5.82 Å². The van der Waals surface area contributed by atoms with E-state index >= 15 is 0 Å². The van der Waals surface area contributed by atoms with Gasteiger partial charge in [0.05, 0.1) is 24.8 Å². The number of benzene rings is 2. The van der Waals surface area contributed by atoms with Crippen LogP contribution in [0.25, 0.3) is 11.1 Å². The van der Waals surface area contributed by atoms with E-state index in [1.165, 1.54) is 28.9 Å². The van der Waals surface area contributed by atoms with Crippen molar-refractivity contribution in [1.29, 1.82) is 0 Å². The summed E-state index contributed by atoms with van der Waals surface area (Å²) >= 11 is 0. The Morgan fingerprint density at radius 3 is 2.36 bits per heavy atom. The fourth-order valence-electron chi connectivity index (χ4n) is 6.37. The first-order valence-electron chi connectivity index (χ1n) is 13.7. The molecule has 2 aromatic carbocycles. The highest BCUT2D eigenvalue weighted by molar-refractivity contribution is 5.95. The average Bonchev–Trinajstić information content (AvgIpc) is 2.93. The van der Waals surface area contributed by atoms with Crippen molar-refractivity contribution >= 4 is 17.1 Å². The fraction of sp³-hybridized carbons (Fsp3) is 0.333. The summed E-state index contributed by atoms with van der Waals surface area (Å²) in [6.07, 6.45) is 8.47. The Hall–Kier alpha value is -3.61. The monoisotopic (exact) mass is 523 g/mol. The maximum Gasteiger partial charge on any atom is 0.253 e. The predicted molar refractivity (Wildman–Crippen MR) is 152 cm³/mol. The van der Waals surface area contributed by atoms with Crippen LogP contribution < -0.4 is 5.32 Å². The highest BCUT2D eigenvalue weighted by Gasteiger charge is 2.49. The number of aromatic nitrogens is 1. The Labute approximate surface area is 229 Å². The zero-order valence-corrected chi connectivity index (χ0v) is 22.5. The lowest BCUT2D eigenvalue weighted by Crippen LogP contribution is -2.58. The Bertz CT molecular complexity index is 1430. The van der Waals surface area contributed by atoms with E-state index in [-0.39, 0.29) is 17.8 Å². The molecule has 39 heavy (non-hydrogen) atoms. The van der Waals surface area contributed by atoms with Gasteiger partial charge in [-0.05, 0) is 84.8 Å². The maximum absolute atomic E-state index is 13.7. The number of ether oxygens (including phenoxy) is 1. The van der Waals surface area contributed by atoms with Gasteiger partial charge in [-0.1, -0.05) is 48.0 Å². The van der Waals surface area contributed by atoms with Gasteiger partial charge in [-0.3, -0.25) is 9.78 Å². The number of nitrogens with zero attached hydrogens (tertiary/aromatic N) is 2. The summed E-state index contributed by atoms with van der Waals surface area (Å²) in [5, 5.41) is 3.12. The Morgan fingerprint density at radius 1 is 1.03 bits per heavy atom. The average molecular weight is 524 g/mol. The molecule has 1 N–H and O–H groups in total. The van der Waals surface area contributed by atoms with Crippen LogP contribution in [0.4, 0.5) is 4.39 Å². The second-order valence-electron chi connectivity index (χ2n) is 11.3. The third-order valence-electron chi connectivity index (χ3n) is 8.26. The van der Waals surface area contributed by atoms with E-state index < -0.39 is 0 Å². The molecule has 2 fully saturated rings. The predicted octanol–water partition coefficient (Wildman–Crippen LogP) is 6.04. The summed E-state index contributed by atoms with van der Waals surface area (Å²) in [6.45, 7) is 5.57. The number of hydrogen-bond acceptors (Lipinski definition) is 4. The van der Waals surface area contributed by atoms with Crippen LogP contribution in [-0.2, 0) is 4.74 Å². The first-order valence-corrected chi connectivity index (χ1v) is 13.7. The van der Waals surface area contributed by atoms with Gasteiger partial charge in [-0.25, -0.2) is 4.39 Å². The van der Waals surface area contributed by atoms with Gasteiger partial charge in [0.2, 0.25) is 0 Å². The molecule has 6 rings (SSSR count). The van der Waals surface area contributed by atoms with E-state index in [1.807, 2.05) is 25.1 Å². The molecule has 1 saturated carbocycles. The molecule has 1 amide bonds. The van der Waals surface area contributed by atoms with Gasteiger partial charge in [0, 0.05) is 30.9 Å². The summed E-state index contributed by atoms with van der Waals surface area (Å²) in [4.78, 5) is 19.7. The molecule has 1 aliphatic carbocycles. The minimum absolute atomic E-state index is 0.145. The van der Waals surface area contributed by atoms with E-state index in [0.29, 0.717) is 24.2 Å². The van der Waals surface area contributed by atoms with Crippen LogP contribution in [0, 0.1) is 11.2 Å². The molecule has 200 valence electrons.